The average molecular weight is 248 g/mol. The van der Waals surface area contributed by atoms with Crippen molar-refractivity contribution in [2.75, 3.05) is 0 Å². The first-order valence-corrected chi connectivity index (χ1v) is 5.85. The normalized spacial score (nSPS) is 12.7. The van der Waals surface area contributed by atoms with Crippen molar-refractivity contribution in [1.29, 1.82) is 0 Å². The highest BCUT2D eigenvalue weighted by Gasteiger charge is 2.13. The van der Waals surface area contributed by atoms with E-state index in [1.807, 2.05) is 38.1 Å². The van der Waals surface area contributed by atoms with Crippen molar-refractivity contribution < 1.29 is 14.4 Å². The van der Waals surface area contributed by atoms with Crippen molar-refractivity contribution in [3.05, 3.63) is 30.1 Å². The Kier molecular flexibility index (Phi) is 3.62. The molecule has 0 aliphatic carbocycles. The second-order valence-electron chi connectivity index (χ2n) is 4.33. The number of aliphatic hydroxyl groups is 1. The summed E-state index contributed by atoms with van der Waals surface area (Å²) in [7, 11) is 0. The molecule has 1 aromatic carbocycles. The minimum absolute atomic E-state index is 0.107. The maximum atomic E-state index is 9.35. The fraction of sp³-hybridized carbons (Fsp3) is 0.385. The van der Waals surface area contributed by atoms with Gasteiger partial charge >= 0.3 is 0 Å². The van der Waals surface area contributed by atoms with Crippen LogP contribution in [-0.4, -0.2) is 21.4 Å². The number of aromatic nitrogens is 2. The highest BCUT2D eigenvalue weighted by atomic mass is 16.5. The fourth-order valence-corrected chi connectivity index (χ4v) is 1.50. The fourth-order valence-electron chi connectivity index (χ4n) is 1.50. The number of hydrogen-bond donors (Lipinski definition) is 1. The first kappa shape index (κ1) is 12.6. The Bertz CT molecular complexity index is 520. The summed E-state index contributed by atoms with van der Waals surface area (Å²) in [5.41, 5.74) is 0.771. The Hall–Kier alpha value is -1.88. The van der Waals surface area contributed by atoms with Crippen LogP contribution in [0.5, 0.6) is 5.75 Å². The van der Waals surface area contributed by atoms with E-state index in [0.29, 0.717) is 5.89 Å². The van der Waals surface area contributed by atoms with Gasteiger partial charge in [0, 0.05) is 5.56 Å². The third-order valence-electron chi connectivity index (χ3n) is 2.27. The lowest BCUT2D eigenvalue weighted by atomic mass is 10.2. The van der Waals surface area contributed by atoms with E-state index in [-0.39, 0.29) is 11.9 Å². The molecular weight excluding hydrogens is 232 g/mol. The number of aliphatic hydroxyl groups excluding tert-OH is 1. The molecule has 1 unspecified atom stereocenters. The Morgan fingerprint density at radius 1 is 1.28 bits per heavy atom. The van der Waals surface area contributed by atoms with E-state index < -0.39 is 6.10 Å². The number of nitrogens with zero attached hydrogens (tertiary/aromatic N) is 2. The molecule has 1 heterocycles. The molecule has 0 saturated heterocycles. The van der Waals surface area contributed by atoms with Crippen molar-refractivity contribution in [2.45, 2.75) is 33.0 Å². The topological polar surface area (TPSA) is 68.4 Å². The molecule has 0 spiro atoms. The van der Waals surface area contributed by atoms with Crippen LogP contribution in [0, 0.1) is 0 Å². The van der Waals surface area contributed by atoms with Crippen LogP contribution < -0.4 is 4.74 Å². The van der Waals surface area contributed by atoms with Gasteiger partial charge in [0.2, 0.25) is 0 Å². The molecular formula is C13H16N2O3. The van der Waals surface area contributed by atoms with Crippen molar-refractivity contribution in [3.63, 3.8) is 0 Å². The lowest BCUT2D eigenvalue weighted by Gasteiger charge is -2.09. The van der Waals surface area contributed by atoms with Gasteiger partial charge in [-0.1, -0.05) is 11.2 Å². The van der Waals surface area contributed by atoms with Gasteiger partial charge in [0.25, 0.3) is 5.89 Å². The number of rotatable bonds is 4. The summed E-state index contributed by atoms with van der Waals surface area (Å²) in [5, 5.41) is 13.1. The first-order chi connectivity index (χ1) is 8.56. The maximum absolute atomic E-state index is 9.35. The van der Waals surface area contributed by atoms with E-state index in [1.54, 1.807) is 6.92 Å². The molecule has 0 fully saturated rings. The zero-order valence-electron chi connectivity index (χ0n) is 10.6. The van der Waals surface area contributed by atoms with Gasteiger partial charge in [0.05, 0.1) is 6.10 Å². The molecule has 18 heavy (non-hydrogen) atoms. The molecule has 0 saturated carbocycles. The predicted octanol–water partition coefficient (Wildman–Crippen LogP) is 2.58. The van der Waals surface area contributed by atoms with Gasteiger partial charge in [0.15, 0.2) is 5.82 Å². The van der Waals surface area contributed by atoms with Crippen LogP contribution in [0.25, 0.3) is 11.5 Å². The number of hydrogen-bond acceptors (Lipinski definition) is 5. The molecule has 5 nitrogen and oxygen atoms in total. The largest absolute Gasteiger partial charge is 0.491 e. The number of ether oxygens (including phenoxy) is 1. The summed E-state index contributed by atoms with van der Waals surface area (Å²) in [5.74, 6) is 1.40. The Morgan fingerprint density at radius 3 is 2.67 bits per heavy atom. The quantitative estimate of drug-likeness (QED) is 0.900. The van der Waals surface area contributed by atoms with Crippen LogP contribution in [0.4, 0.5) is 0 Å². The van der Waals surface area contributed by atoms with Gasteiger partial charge in [0.1, 0.15) is 11.9 Å². The highest BCUT2D eigenvalue weighted by Crippen LogP contribution is 2.24. The standard InChI is InChI=1S/C13H16N2O3/c1-8(2)17-11-6-4-5-10(7-11)13-14-12(9(3)16)15-18-13/h4-9,16H,1-3H3. The number of benzene rings is 1. The SMILES string of the molecule is CC(C)Oc1cccc(-c2nc(C(C)O)no2)c1. The monoisotopic (exact) mass is 248 g/mol. The molecule has 5 heteroatoms. The smallest absolute Gasteiger partial charge is 0.258 e. The molecule has 1 atom stereocenters. The lowest BCUT2D eigenvalue weighted by Crippen LogP contribution is -2.05. The molecule has 1 N–H and O–H groups in total. The first-order valence-electron chi connectivity index (χ1n) is 5.85. The van der Waals surface area contributed by atoms with Crippen LogP contribution >= 0.6 is 0 Å². The summed E-state index contributed by atoms with van der Waals surface area (Å²) < 4.78 is 10.7. The Labute approximate surface area is 105 Å². The minimum Gasteiger partial charge on any atom is -0.491 e. The van der Waals surface area contributed by atoms with Crippen LogP contribution in [0.3, 0.4) is 0 Å². The van der Waals surface area contributed by atoms with Crippen LogP contribution in [0.15, 0.2) is 28.8 Å². The lowest BCUT2D eigenvalue weighted by molar-refractivity contribution is 0.184. The van der Waals surface area contributed by atoms with E-state index in [9.17, 15) is 5.11 Å². The molecule has 0 bridgehead atoms. The third-order valence-corrected chi connectivity index (χ3v) is 2.27. The van der Waals surface area contributed by atoms with Crippen LogP contribution in [0.1, 0.15) is 32.7 Å². The second kappa shape index (κ2) is 5.18. The van der Waals surface area contributed by atoms with Gasteiger partial charge in [-0.2, -0.15) is 4.98 Å². The van der Waals surface area contributed by atoms with Crippen LogP contribution in [0.2, 0.25) is 0 Å². The van der Waals surface area contributed by atoms with E-state index in [2.05, 4.69) is 10.1 Å². The van der Waals surface area contributed by atoms with Gasteiger partial charge in [-0.15, -0.1) is 0 Å². The zero-order chi connectivity index (χ0) is 13.1. The van der Waals surface area contributed by atoms with Crippen molar-refractivity contribution in [2.24, 2.45) is 0 Å². The molecule has 2 aromatic rings. The van der Waals surface area contributed by atoms with Crippen molar-refractivity contribution >= 4 is 0 Å². The van der Waals surface area contributed by atoms with Gasteiger partial charge in [-0.3, -0.25) is 0 Å². The molecule has 0 radical (unpaired) electrons. The van der Waals surface area contributed by atoms with Crippen LogP contribution in [-0.2, 0) is 0 Å². The Balaban J connectivity index is 2.26. The second-order valence-corrected chi connectivity index (χ2v) is 4.33. The van der Waals surface area contributed by atoms with Gasteiger partial charge < -0.3 is 14.4 Å². The average Bonchev–Trinajstić information content (AvgIpc) is 2.77. The van der Waals surface area contributed by atoms with E-state index in [4.69, 9.17) is 9.26 Å². The Morgan fingerprint density at radius 2 is 2.06 bits per heavy atom. The summed E-state index contributed by atoms with van der Waals surface area (Å²) >= 11 is 0. The highest BCUT2D eigenvalue weighted by molar-refractivity contribution is 5.55. The summed E-state index contributed by atoms with van der Waals surface area (Å²) in [4.78, 5) is 4.12. The third kappa shape index (κ3) is 2.87. The minimum atomic E-state index is -0.738. The molecule has 1 aromatic heterocycles. The summed E-state index contributed by atoms with van der Waals surface area (Å²) in [6.45, 7) is 5.52. The van der Waals surface area contributed by atoms with Crippen molar-refractivity contribution in [3.8, 4) is 17.2 Å². The predicted molar refractivity (Wildman–Crippen MR) is 66.1 cm³/mol. The van der Waals surface area contributed by atoms with E-state index in [1.165, 1.54) is 0 Å². The summed E-state index contributed by atoms with van der Waals surface area (Å²) in [6.07, 6.45) is -0.631. The summed E-state index contributed by atoms with van der Waals surface area (Å²) in [6, 6.07) is 7.42. The van der Waals surface area contributed by atoms with Gasteiger partial charge in [-0.25, -0.2) is 0 Å². The van der Waals surface area contributed by atoms with Gasteiger partial charge in [-0.05, 0) is 39.0 Å². The zero-order valence-corrected chi connectivity index (χ0v) is 10.6. The van der Waals surface area contributed by atoms with Crippen molar-refractivity contribution in [1.82, 2.24) is 10.1 Å². The molecule has 0 amide bonds. The van der Waals surface area contributed by atoms with E-state index >= 15 is 0 Å². The molecule has 0 aliphatic rings. The molecule has 0 aliphatic heterocycles. The molecule has 96 valence electrons. The molecule has 2 rings (SSSR count). The van der Waals surface area contributed by atoms with E-state index in [0.717, 1.165) is 11.3 Å². The maximum Gasteiger partial charge on any atom is 0.258 e.